The number of sulfone groups is 1. The number of alkyl halides is 8. The van der Waals surface area contributed by atoms with Crippen LogP contribution < -0.4 is 9.62 Å². The zero-order valence-corrected chi connectivity index (χ0v) is 41.8. The molecule has 2 aliphatic rings. The Balaban J connectivity index is 1.49. The molecule has 2 N–H and O–H groups in total. The predicted octanol–water partition coefficient (Wildman–Crippen LogP) is 8.33. The maximum Gasteiger partial charge on any atom is 0.435 e. The number of pyridine rings is 1. The molecule has 28 heteroatoms. The number of amides is 2. The molecule has 1 saturated carbocycles. The number of rotatable bonds is 13. The van der Waals surface area contributed by atoms with E-state index in [1.165, 1.54) is 13.8 Å². The van der Waals surface area contributed by atoms with Crippen LogP contribution in [0.1, 0.15) is 86.4 Å². The van der Waals surface area contributed by atoms with E-state index in [1.54, 1.807) is 0 Å². The van der Waals surface area contributed by atoms with Gasteiger partial charge in [0.25, 0.3) is 5.92 Å². The highest BCUT2D eigenvalue weighted by atomic mass is 35.5. The first-order valence-electron chi connectivity index (χ1n) is 22.0. The summed E-state index contributed by atoms with van der Waals surface area (Å²) in [5.41, 5.74) is -6.21. The number of carbonyl (C=O) groups excluding carboxylic acids is 2. The van der Waals surface area contributed by atoms with E-state index in [2.05, 4.69) is 32.3 Å². The van der Waals surface area contributed by atoms with Crippen molar-refractivity contribution in [3.63, 3.8) is 0 Å². The Bertz CT molecular complexity index is 3420. The molecule has 7 rings (SSSR count). The van der Waals surface area contributed by atoms with Crippen LogP contribution in [0, 0.1) is 41.2 Å². The Morgan fingerprint density at radius 2 is 1.53 bits per heavy atom. The fourth-order valence-electron chi connectivity index (χ4n) is 8.78. The van der Waals surface area contributed by atoms with Crippen LogP contribution in [-0.4, -0.2) is 87.7 Å². The topological polar surface area (TPSA) is 204 Å². The number of carbonyl (C=O) groups is 3. The highest BCUT2D eigenvalue weighted by Gasteiger charge is 2.57. The van der Waals surface area contributed by atoms with Gasteiger partial charge < -0.3 is 10.4 Å². The second kappa shape index (κ2) is 19.1. The quantitative estimate of drug-likeness (QED) is 0.0848. The van der Waals surface area contributed by atoms with Gasteiger partial charge in [-0.3, -0.25) is 23.7 Å². The predicted molar refractivity (Wildman–Crippen MR) is 246 cm³/mol. The Labute approximate surface area is 420 Å². The lowest BCUT2D eigenvalue weighted by Gasteiger charge is -2.33. The number of fused-ring (bicyclic) bond motifs is 2. The second-order valence-corrected chi connectivity index (χ2v) is 23.5. The highest BCUT2D eigenvalue weighted by Crippen LogP contribution is 2.55. The lowest BCUT2D eigenvalue weighted by molar-refractivity contribution is -0.148. The summed E-state index contributed by atoms with van der Waals surface area (Å²) < 4.78 is 199. The minimum Gasteiger partial charge on any atom is -0.481 e. The second-order valence-electron chi connectivity index (χ2n) is 18.7. The van der Waals surface area contributed by atoms with E-state index in [9.17, 15) is 71.4 Å². The first kappa shape index (κ1) is 55.5. The number of anilines is 1. The lowest BCUT2D eigenvalue weighted by atomic mass is 9.74. The molecule has 3 heterocycles. The standard InChI is InChI=1S/C46H42ClF10N7O8S2/c1-21-22(2)45(53,54)39-34(21)38(46(55,56)57)60-62(39)19-33(65)59-32(15-23-13-26(48)18-27(49)14-23)36-29(8-7-28(58-36)11-12-43(3,4)73(5,69)70)30-9-10-31(47)35-37(30)63(20-44(50,51)52)61-40(35)64(74(6,71)72)41(66)24-16-25(17-24)42(67)68/h7-10,13-14,18,21-22,24-25,32H,15-17,19-20H2,1-6H3,(H,59,65)(H,67,68)/t21-,22+,24?,25?,32-/m0/s1. The molecule has 15 nitrogen and oxygen atoms in total. The zero-order chi connectivity index (χ0) is 55.2. The van der Waals surface area contributed by atoms with Gasteiger partial charge in [0, 0.05) is 40.8 Å². The van der Waals surface area contributed by atoms with Crippen LogP contribution in [0.25, 0.3) is 22.0 Å². The molecule has 398 valence electrons. The molecule has 0 bridgehead atoms. The highest BCUT2D eigenvalue weighted by molar-refractivity contribution is 7.93. The number of carboxylic acid groups (broad SMARTS) is 1. The molecular weight excluding hydrogens is 1070 g/mol. The maximum absolute atomic E-state index is 15.8. The number of sulfonamides is 1. The third kappa shape index (κ3) is 10.8. The molecule has 2 amide bonds. The largest absolute Gasteiger partial charge is 0.481 e. The average Bonchev–Trinajstić information content (AvgIpc) is 3.84. The van der Waals surface area contributed by atoms with Crippen LogP contribution in [0.3, 0.4) is 0 Å². The number of nitrogens with zero attached hydrogens (tertiary/aromatic N) is 6. The van der Waals surface area contributed by atoms with Gasteiger partial charge in [0.15, 0.2) is 21.3 Å². The molecule has 0 unspecified atom stereocenters. The van der Waals surface area contributed by atoms with E-state index >= 15 is 8.78 Å². The molecule has 3 atom stereocenters. The summed E-state index contributed by atoms with van der Waals surface area (Å²) in [5, 5.41) is 18.1. The third-order valence-corrected chi connectivity index (χ3v) is 16.3. The van der Waals surface area contributed by atoms with Gasteiger partial charge in [-0.25, -0.2) is 30.6 Å². The molecular formula is C46H42ClF10N7O8S2. The fraction of sp³-hybridized carbons (Fsp3) is 0.435. The van der Waals surface area contributed by atoms with Crippen molar-refractivity contribution in [2.24, 2.45) is 17.8 Å². The summed E-state index contributed by atoms with van der Waals surface area (Å²) in [6.07, 6.45) is -10.5. The van der Waals surface area contributed by atoms with Crippen LogP contribution in [0.4, 0.5) is 49.7 Å². The normalized spacial score (nSPS) is 19.3. The summed E-state index contributed by atoms with van der Waals surface area (Å²) >= 11 is 6.65. The molecule has 5 aromatic rings. The molecule has 2 aromatic carbocycles. The van der Waals surface area contributed by atoms with Gasteiger partial charge in [-0.2, -0.15) is 49.6 Å². The van der Waals surface area contributed by atoms with E-state index in [4.69, 9.17) is 11.6 Å². The Morgan fingerprint density at radius 1 is 0.919 bits per heavy atom. The van der Waals surface area contributed by atoms with Crippen LogP contribution >= 0.6 is 11.6 Å². The van der Waals surface area contributed by atoms with E-state index < -0.39 is 166 Å². The maximum atomic E-state index is 15.8. The summed E-state index contributed by atoms with van der Waals surface area (Å²) in [6.45, 7) is 1.24. The summed E-state index contributed by atoms with van der Waals surface area (Å²) in [4.78, 5) is 44.3. The lowest BCUT2D eigenvalue weighted by Crippen LogP contribution is -2.46. The number of hydrogen-bond donors (Lipinski definition) is 2. The third-order valence-electron chi connectivity index (χ3n) is 13.0. The van der Waals surface area contributed by atoms with Crippen LogP contribution in [0.2, 0.25) is 5.02 Å². The average molecular weight is 1110 g/mol. The van der Waals surface area contributed by atoms with Crippen molar-refractivity contribution in [3.8, 4) is 23.0 Å². The van der Waals surface area contributed by atoms with Gasteiger partial charge in [-0.05, 0) is 80.8 Å². The molecule has 2 aliphatic carbocycles. The van der Waals surface area contributed by atoms with Gasteiger partial charge in [-0.15, -0.1) is 0 Å². The van der Waals surface area contributed by atoms with Crippen molar-refractivity contribution in [1.82, 2.24) is 29.9 Å². The van der Waals surface area contributed by atoms with E-state index in [-0.39, 0.29) is 48.9 Å². The zero-order valence-electron chi connectivity index (χ0n) is 39.4. The van der Waals surface area contributed by atoms with Crippen molar-refractivity contribution >= 4 is 66.0 Å². The van der Waals surface area contributed by atoms with Crippen molar-refractivity contribution in [2.75, 3.05) is 16.8 Å². The van der Waals surface area contributed by atoms with Crippen molar-refractivity contribution in [3.05, 3.63) is 93.0 Å². The van der Waals surface area contributed by atoms with Crippen LogP contribution in [0.15, 0.2) is 42.5 Å². The molecule has 3 aromatic heterocycles. The first-order valence-corrected chi connectivity index (χ1v) is 26.1. The van der Waals surface area contributed by atoms with E-state index in [0.717, 1.165) is 56.5 Å². The number of benzene rings is 2. The van der Waals surface area contributed by atoms with Crippen molar-refractivity contribution in [2.45, 2.75) is 95.0 Å². The Kier molecular flexibility index (Phi) is 14.3. The van der Waals surface area contributed by atoms with Crippen LogP contribution in [0.5, 0.6) is 0 Å². The number of hydrogen-bond acceptors (Lipinski definition) is 10. The molecule has 0 saturated heterocycles. The molecule has 1 fully saturated rings. The van der Waals surface area contributed by atoms with Crippen LogP contribution in [-0.2, 0) is 65.9 Å². The smallest absolute Gasteiger partial charge is 0.435 e. The monoisotopic (exact) mass is 1110 g/mol. The number of aliphatic carboxylic acids is 1. The Morgan fingerprint density at radius 3 is 2.08 bits per heavy atom. The Hall–Kier alpha value is -6.27. The number of carboxylic acids is 1. The molecule has 74 heavy (non-hydrogen) atoms. The van der Waals surface area contributed by atoms with Gasteiger partial charge in [0.2, 0.25) is 21.8 Å². The molecule has 0 spiro atoms. The van der Waals surface area contributed by atoms with Gasteiger partial charge >= 0.3 is 18.3 Å². The van der Waals surface area contributed by atoms with Gasteiger partial charge in [0.1, 0.15) is 40.9 Å². The van der Waals surface area contributed by atoms with Crippen molar-refractivity contribution < 1.29 is 80.2 Å². The first-order chi connectivity index (χ1) is 33.9. The SMILES string of the molecule is C[C@@H]1c2c(C(F)(F)F)nn(CC(=O)N[C@@H](Cc3cc(F)cc(F)c3)c3nc(C#CC(C)(C)S(C)(=O)=O)ccc3-c3ccc(Cl)c4c(N(C(=O)C5CC(C(=O)O)C5)S(C)(=O)=O)nn(CC(F)(F)F)c34)c2C(F)(F)[C@@H]1C. The number of halogens is 11. The minimum absolute atomic E-state index is 0.0881. The number of aromatic nitrogens is 5. The van der Waals surface area contributed by atoms with Gasteiger partial charge in [0.05, 0.1) is 39.8 Å². The summed E-state index contributed by atoms with van der Waals surface area (Å²) in [6, 6.07) is 4.65. The minimum atomic E-state index is -5.27. The summed E-state index contributed by atoms with van der Waals surface area (Å²) in [7, 11) is -8.75. The van der Waals surface area contributed by atoms with Crippen molar-refractivity contribution in [1.29, 1.82) is 0 Å². The molecule has 0 aliphatic heterocycles. The van der Waals surface area contributed by atoms with Gasteiger partial charge in [-0.1, -0.05) is 37.4 Å². The molecule has 0 radical (unpaired) electrons. The van der Waals surface area contributed by atoms with E-state index in [0.29, 0.717) is 12.3 Å². The fourth-order valence-corrected chi connectivity index (χ4v) is 10.2. The van der Waals surface area contributed by atoms with E-state index in [1.807, 2.05) is 0 Å². The summed E-state index contributed by atoms with van der Waals surface area (Å²) in [5.74, 6) is -11.5. The number of nitrogens with one attached hydrogen (secondary N) is 1.